The highest BCUT2D eigenvalue weighted by Crippen LogP contribution is 2.16. The van der Waals surface area contributed by atoms with E-state index in [-0.39, 0.29) is 11.5 Å². The molecule has 0 aliphatic carbocycles. The number of para-hydroxylation sites is 1. The molecule has 0 fully saturated rings. The van der Waals surface area contributed by atoms with Crippen molar-refractivity contribution in [1.29, 1.82) is 0 Å². The molecule has 0 bridgehead atoms. The van der Waals surface area contributed by atoms with Crippen LogP contribution in [0.2, 0.25) is 0 Å². The van der Waals surface area contributed by atoms with Crippen LogP contribution in [0.5, 0.6) is 0 Å². The van der Waals surface area contributed by atoms with E-state index in [4.69, 9.17) is 0 Å². The number of carbonyl (C=O) groups is 1. The largest absolute Gasteiger partial charge is 0.322 e. The Kier molecular flexibility index (Phi) is 4.49. The Morgan fingerprint density at radius 1 is 0.893 bits per heavy atom. The molecule has 0 aliphatic heterocycles. The molecule has 4 aromatic rings. The summed E-state index contributed by atoms with van der Waals surface area (Å²) in [6.07, 6.45) is 0. The van der Waals surface area contributed by atoms with Crippen molar-refractivity contribution in [2.24, 2.45) is 0 Å². The number of hydrogen-bond acceptors (Lipinski definition) is 3. The molecule has 0 atom stereocenters. The molecule has 1 N–H and O–H groups in total. The van der Waals surface area contributed by atoms with Crippen molar-refractivity contribution in [3.05, 3.63) is 100 Å². The highest BCUT2D eigenvalue weighted by molar-refractivity contribution is 6.04. The monoisotopic (exact) mass is 369 g/mol. The first-order valence-corrected chi connectivity index (χ1v) is 9.00. The number of amides is 1. The predicted octanol–water partition coefficient (Wildman–Crippen LogP) is 4.25. The van der Waals surface area contributed by atoms with Crippen LogP contribution >= 0.6 is 0 Å². The molecule has 0 spiro atoms. The number of nitrogens with one attached hydrogen (secondary N) is 1. The number of aromatic nitrogens is 2. The van der Waals surface area contributed by atoms with Crippen LogP contribution in [-0.4, -0.2) is 15.5 Å². The molecule has 4 rings (SSSR count). The number of hydrogen-bond donors (Lipinski definition) is 1. The van der Waals surface area contributed by atoms with E-state index in [2.05, 4.69) is 10.3 Å². The van der Waals surface area contributed by atoms with E-state index in [1.165, 1.54) is 0 Å². The zero-order valence-electron chi connectivity index (χ0n) is 15.6. The van der Waals surface area contributed by atoms with Crippen molar-refractivity contribution in [2.45, 2.75) is 13.8 Å². The van der Waals surface area contributed by atoms with E-state index < -0.39 is 0 Å². The van der Waals surface area contributed by atoms with Gasteiger partial charge in [-0.25, -0.2) is 4.98 Å². The fourth-order valence-electron chi connectivity index (χ4n) is 3.15. The first-order valence-electron chi connectivity index (χ1n) is 9.00. The molecule has 5 nitrogen and oxygen atoms in total. The summed E-state index contributed by atoms with van der Waals surface area (Å²) in [6, 6.07) is 21.9. The van der Waals surface area contributed by atoms with E-state index >= 15 is 0 Å². The molecule has 0 saturated heterocycles. The number of carbonyl (C=O) groups excluding carboxylic acids is 1. The van der Waals surface area contributed by atoms with Crippen LogP contribution in [0.15, 0.2) is 77.6 Å². The number of anilines is 1. The zero-order valence-corrected chi connectivity index (χ0v) is 15.6. The maximum Gasteiger partial charge on any atom is 0.265 e. The molecule has 0 unspecified atom stereocenters. The van der Waals surface area contributed by atoms with Gasteiger partial charge in [0.25, 0.3) is 11.5 Å². The number of nitrogens with zero attached hydrogens (tertiary/aromatic N) is 2. The summed E-state index contributed by atoms with van der Waals surface area (Å²) in [5, 5.41) is 3.45. The van der Waals surface area contributed by atoms with E-state index in [0.717, 1.165) is 5.56 Å². The zero-order chi connectivity index (χ0) is 19.7. The van der Waals surface area contributed by atoms with Crippen molar-refractivity contribution in [3.8, 4) is 5.69 Å². The minimum absolute atomic E-state index is 0.112. The summed E-state index contributed by atoms with van der Waals surface area (Å²) >= 11 is 0. The van der Waals surface area contributed by atoms with Gasteiger partial charge < -0.3 is 5.32 Å². The van der Waals surface area contributed by atoms with Gasteiger partial charge in [-0.1, -0.05) is 29.8 Å². The molecule has 138 valence electrons. The lowest BCUT2D eigenvalue weighted by Crippen LogP contribution is -2.22. The van der Waals surface area contributed by atoms with E-state index in [0.29, 0.717) is 33.7 Å². The van der Waals surface area contributed by atoms with Crippen LogP contribution in [-0.2, 0) is 0 Å². The third kappa shape index (κ3) is 3.30. The van der Waals surface area contributed by atoms with Gasteiger partial charge in [0.2, 0.25) is 0 Å². The Labute approximate surface area is 162 Å². The van der Waals surface area contributed by atoms with Gasteiger partial charge in [-0.2, -0.15) is 0 Å². The summed E-state index contributed by atoms with van der Waals surface area (Å²) in [7, 11) is 0. The van der Waals surface area contributed by atoms with Crippen LogP contribution in [0, 0.1) is 13.8 Å². The van der Waals surface area contributed by atoms with Gasteiger partial charge in [-0.05, 0) is 62.4 Å². The molecular weight excluding hydrogens is 350 g/mol. The molecule has 0 saturated carbocycles. The molecule has 1 aromatic heterocycles. The van der Waals surface area contributed by atoms with E-state index in [1.54, 1.807) is 54.0 Å². The van der Waals surface area contributed by atoms with E-state index in [9.17, 15) is 9.59 Å². The first kappa shape index (κ1) is 17.7. The Hall–Kier alpha value is -3.73. The molecular formula is C23H19N3O2. The Balaban J connectivity index is 1.63. The van der Waals surface area contributed by atoms with Gasteiger partial charge in [0.1, 0.15) is 5.82 Å². The minimum atomic E-state index is -0.173. The van der Waals surface area contributed by atoms with Crippen molar-refractivity contribution < 1.29 is 4.79 Å². The van der Waals surface area contributed by atoms with Crippen molar-refractivity contribution in [3.63, 3.8) is 0 Å². The highest BCUT2D eigenvalue weighted by Gasteiger charge is 2.10. The van der Waals surface area contributed by atoms with Crippen LogP contribution in [0.3, 0.4) is 0 Å². The maximum absolute atomic E-state index is 12.9. The summed E-state index contributed by atoms with van der Waals surface area (Å²) in [5.74, 6) is 0.439. The Morgan fingerprint density at radius 3 is 2.29 bits per heavy atom. The smallest absolute Gasteiger partial charge is 0.265 e. The summed E-state index contributed by atoms with van der Waals surface area (Å²) in [4.78, 5) is 29.8. The van der Waals surface area contributed by atoms with Gasteiger partial charge >= 0.3 is 0 Å². The standard InChI is InChI=1S/C23H19N3O2/c1-15-7-9-17(10-8-15)22(27)25-18-11-13-19(14-12-18)26-16(2)24-21-6-4-3-5-20(21)23(26)28/h3-14H,1-2H3,(H,25,27). The Morgan fingerprint density at radius 2 is 1.57 bits per heavy atom. The van der Waals surface area contributed by atoms with Gasteiger partial charge in [0.05, 0.1) is 16.6 Å². The summed E-state index contributed by atoms with van der Waals surface area (Å²) in [6.45, 7) is 3.78. The second-order valence-corrected chi connectivity index (χ2v) is 6.68. The molecule has 1 amide bonds. The summed E-state index contributed by atoms with van der Waals surface area (Å²) in [5.41, 5.74) is 3.64. The SMILES string of the molecule is Cc1ccc(C(=O)Nc2ccc(-n3c(C)nc4ccccc4c3=O)cc2)cc1. The fourth-order valence-corrected chi connectivity index (χ4v) is 3.15. The lowest BCUT2D eigenvalue weighted by molar-refractivity contribution is 0.102. The average Bonchev–Trinajstić information content (AvgIpc) is 2.70. The van der Waals surface area contributed by atoms with Gasteiger partial charge in [0, 0.05) is 11.3 Å². The average molecular weight is 369 g/mol. The highest BCUT2D eigenvalue weighted by atomic mass is 16.1. The van der Waals surface area contributed by atoms with Crippen molar-refractivity contribution in [2.75, 3.05) is 5.32 Å². The van der Waals surface area contributed by atoms with Gasteiger partial charge in [-0.15, -0.1) is 0 Å². The maximum atomic E-state index is 12.9. The second kappa shape index (κ2) is 7.12. The third-order valence-corrected chi connectivity index (χ3v) is 4.64. The van der Waals surface area contributed by atoms with Crippen LogP contribution in [0.25, 0.3) is 16.6 Å². The molecule has 3 aromatic carbocycles. The number of aryl methyl sites for hydroxylation is 2. The first-order chi connectivity index (χ1) is 13.5. The second-order valence-electron chi connectivity index (χ2n) is 6.68. The molecule has 28 heavy (non-hydrogen) atoms. The predicted molar refractivity (Wildman–Crippen MR) is 111 cm³/mol. The number of fused-ring (bicyclic) bond motifs is 1. The minimum Gasteiger partial charge on any atom is -0.322 e. The quantitative estimate of drug-likeness (QED) is 0.587. The third-order valence-electron chi connectivity index (χ3n) is 4.64. The molecule has 0 radical (unpaired) electrons. The lowest BCUT2D eigenvalue weighted by atomic mass is 10.1. The lowest BCUT2D eigenvalue weighted by Gasteiger charge is -2.12. The molecule has 5 heteroatoms. The van der Waals surface area contributed by atoms with Gasteiger partial charge in [-0.3, -0.25) is 14.2 Å². The van der Waals surface area contributed by atoms with Crippen molar-refractivity contribution >= 4 is 22.5 Å². The van der Waals surface area contributed by atoms with Crippen LogP contribution in [0.1, 0.15) is 21.7 Å². The van der Waals surface area contributed by atoms with Crippen molar-refractivity contribution in [1.82, 2.24) is 9.55 Å². The normalized spacial score (nSPS) is 10.8. The molecule has 1 heterocycles. The van der Waals surface area contributed by atoms with Crippen LogP contribution in [0.4, 0.5) is 5.69 Å². The summed E-state index contributed by atoms with van der Waals surface area (Å²) < 4.78 is 1.58. The number of benzene rings is 3. The topological polar surface area (TPSA) is 64.0 Å². The fraction of sp³-hybridized carbons (Fsp3) is 0.0870. The number of rotatable bonds is 3. The Bertz CT molecular complexity index is 1220. The molecule has 0 aliphatic rings. The van der Waals surface area contributed by atoms with Gasteiger partial charge in [0.15, 0.2) is 0 Å². The van der Waals surface area contributed by atoms with Crippen LogP contribution < -0.4 is 10.9 Å². The van der Waals surface area contributed by atoms with E-state index in [1.807, 2.05) is 37.3 Å².